The summed E-state index contributed by atoms with van der Waals surface area (Å²) in [5.41, 5.74) is 2.18. The van der Waals surface area contributed by atoms with Crippen molar-refractivity contribution in [2.45, 2.75) is 49.1 Å². The van der Waals surface area contributed by atoms with E-state index in [9.17, 15) is 4.79 Å². The Morgan fingerprint density at radius 3 is 2.66 bits per heavy atom. The molecule has 0 bridgehead atoms. The third-order valence-electron chi connectivity index (χ3n) is 5.10. The smallest absolute Gasteiger partial charge is 0.233 e. The largest absolute Gasteiger partial charge is 0.355 e. The quantitative estimate of drug-likeness (QED) is 0.570. The number of aromatic nitrogens is 4. The number of nitrogens with one attached hydrogen (secondary N) is 1. The lowest BCUT2D eigenvalue weighted by atomic mass is 10.0. The third-order valence-corrected chi connectivity index (χ3v) is 6.16. The summed E-state index contributed by atoms with van der Waals surface area (Å²) in [6, 6.07) is 14.5. The summed E-state index contributed by atoms with van der Waals surface area (Å²) in [7, 11) is 0. The van der Waals surface area contributed by atoms with Crippen molar-refractivity contribution in [1.82, 2.24) is 25.1 Å². The number of hydrogen-bond acceptors (Lipinski definition) is 5. The lowest BCUT2D eigenvalue weighted by molar-refractivity contribution is -0.120. The first-order chi connectivity index (χ1) is 14.1. The van der Waals surface area contributed by atoms with E-state index in [1.165, 1.54) is 17.3 Å². The maximum atomic E-state index is 12.7. The fraction of sp³-hybridized carbons (Fsp3) is 0.364. The van der Waals surface area contributed by atoms with E-state index in [0.717, 1.165) is 29.4 Å². The Kier molecular flexibility index (Phi) is 5.94. The summed E-state index contributed by atoms with van der Waals surface area (Å²) < 4.78 is 2.16. The van der Waals surface area contributed by atoms with Crippen LogP contribution in [-0.4, -0.2) is 37.5 Å². The highest BCUT2D eigenvalue weighted by molar-refractivity contribution is 8.00. The number of carbonyl (C=O) groups excluding carboxylic acids is 1. The molecule has 0 radical (unpaired) electrons. The molecule has 7 heteroatoms. The predicted molar refractivity (Wildman–Crippen MR) is 115 cm³/mol. The zero-order chi connectivity index (χ0) is 20.2. The summed E-state index contributed by atoms with van der Waals surface area (Å²) in [5, 5.41) is 12.4. The first kappa shape index (κ1) is 19.6. The average molecular weight is 408 g/mol. The molecule has 0 aliphatic heterocycles. The van der Waals surface area contributed by atoms with Gasteiger partial charge in [0, 0.05) is 30.5 Å². The van der Waals surface area contributed by atoms with Crippen molar-refractivity contribution in [2.24, 2.45) is 0 Å². The fourth-order valence-electron chi connectivity index (χ4n) is 3.22. The van der Waals surface area contributed by atoms with E-state index in [4.69, 9.17) is 0 Å². The second kappa shape index (κ2) is 8.78. The molecule has 2 aromatic heterocycles. The Hall–Kier alpha value is -2.67. The van der Waals surface area contributed by atoms with Crippen molar-refractivity contribution in [2.75, 3.05) is 6.54 Å². The Labute approximate surface area is 175 Å². The fourth-order valence-corrected chi connectivity index (χ4v) is 4.16. The summed E-state index contributed by atoms with van der Waals surface area (Å²) in [6.07, 6.45) is 5.79. The van der Waals surface area contributed by atoms with E-state index in [1.54, 1.807) is 12.4 Å². The predicted octanol–water partition coefficient (Wildman–Crippen LogP) is 4.08. The van der Waals surface area contributed by atoms with Gasteiger partial charge in [-0.3, -0.25) is 14.3 Å². The number of benzene rings is 1. The van der Waals surface area contributed by atoms with Gasteiger partial charge in [-0.25, -0.2) is 0 Å². The second-order valence-corrected chi connectivity index (χ2v) is 8.77. The van der Waals surface area contributed by atoms with Crippen LogP contribution in [0, 0.1) is 0 Å². The summed E-state index contributed by atoms with van der Waals surface area (Å²) >= 11 is 1.47. The van der Waals surface area contributed by atoms with Crippen molar-refractivity contribution >= 4 is 17.7 Å². The van der Waals surface area contributed by atoms with Gasteiger partial charge in [-0.15, -0.1) is 10.2 Å². The zero-order valence-corrected chi connectivity index (χ0v) is 17.5. The number of rotatable bonds is 8. The van der Waals surface area contributed by atoms with Gasteiger partial charge in [0.05, 0.1) is 5.25 Å². The van der Waals surface area contributed by atoms with Gasteiger partial charge in [0.25, 0.3) is 0 Å². The Morgan fingerprint density at radius 2 is 1.97 bits per heavy atom. The van der Waals surface area contributed by atoms with Crippen molar-refractivity contribution in [3.05, 3.63) is 60.4 Å². The maximum Gasteiger partial charge on any atom is 0.233 e. The van der Waals surface area contributed by atoms with Crippen LogP contribution in [0.2, 0.25) is 0 Å². The minimum Gasteiger partial charge on any atom is -0.355 e. The van der Waals surface area contributed by atoms with Gasteiger partial charge in [-0.1, -0.05) is 49.0 Å². The molecule has 2 heterocycles. The number of pyridine rings is 1. The first-order valence-electron chi connectivity index (χ1n) is 9.98. The van der Waals surface area contributed by atoms with E-state index in [-0.39, 0.29) is 17.1 Å². The van der Waals surface area contributed by atoms with Gasteiger partial charge in [0.15, 0.2) is 11.0 Å². The number of hydrogen-bond donors (Lipinski definition) is 1. The van der Waals surface area contributed by atoms with Crippen LogP contribution in [-0.2, 0) is 4.79 Å². The molecule has 1 aliphatic rings. The van der Waals surface area contributed by atoms with Crippen LogP contribution in [0.15, 0.2) is 60.0 Å². The summed E-state index contributed by atoms with van der Waals surface area (Å²) in [6.45, 7) is 4.66. The maximum absolute atomic E-state index is 12.7. The average Bonchev–Trinajstić information content (AvgIpc) is 3.52. The van der Waals surface area contributed by atoms with E-state index in [1.807, 2.05) is 37.3 Å². The van der Waals surface area contributed by atoms with Crippen LogP contribution in [0.5, 0.6) is 0 Å². The lowest BCUT2D eigenvalue weighted by Gasteiger charge is -2.16. The van der Waals surface area contributed by atoms with Crippen LogP contribution >= 0.6 is 11.8 Å². The molecule has 150 valence electrons. The highest BCUT2D eigenvalue weighted by Crippen LogP contribution is 2.41. The van der Waals surface area contributed by atoms with Gasteiger partial charge in [-0.05, 0) is 43.4 Å². The standard InChI is InChI=1S/C22H25N5OS/c1-15(17-7-4-3-5-8-17)13-24-21(28)16(2)29-22-26-25-20(27(22)19-10-11-19)18-9-6-12-23-14-18/h3-9,12,14-16,19H,10-11,13H2,1-2H3,(H,24,28)/t15-,16+/m0/s1. The van der Waals surface area contributed by atoms with Crippen molar-refractivity contribution in [3.8, 4) is 11.4 Å². The molecule has 1 N–H and O–H groups in total. The molecule has 6 nitrogen and oxygen atoms in total. The SMILES string of the molecule is C[C@@H](Sc1nnc(-c2cccnc2)n1C1CC1)C(=O)NC[C@H](C)c1ccccc1. The van der Waals surface area contributed by atoms with E-state index in [2.05, 4.69) is 44.1 Å². The number of carbonyl (C=O) groups is 1. The lowest BCUT2D eigenvalue weighted by Crippen LogP contribution is -2.33. The highest BCUT2D eigenvalue weighted by Gasteiger charge is 2.31. The molecule has 4 rings (SSSR count). The monoisotopic (exact) mass is 407 g/mol. The molecular weight excluding hydrogens is 382 g/mol. The first-order valence-corrected chi connectivity index (χ1v) is 10.9. The van der Waals surface area contributed by atoms with Crippen molar-refractivity contribution < 1.29 is 4.79 Å². The van der Waals surface area contributed by atoms with Gasteiger partial charge in [0.1, 0.15) is 0 Å². The number of amides is 1. The molecule has 0 unspecified atom stereocenters. The number of thioether (sulfide) groups is 1. The van der Waals surface area contributed by atoms with Crippen LogP contribution < -0.4 is 5.32 Å². The molecule has 2 atom stereocenters. The van der Waals surface area contributed by atoms with Crippen LogP contribution in [0.4, 0.5) is 0 Å². The highest BCUT2D eigenvalue weighted by atomic mass is 32.2. The number of nitrogens with zero attached hydrogens (tertiary/aromatic N) is 4. The zero-order valence-electron chi connectivity index (χ0n) is 16.7. The molecule has 1 aliphatic carbocycles. The van der Waals surface area contributed by atoms with Crippen molar-refractivity contribution in [1.29, 1.82) is 0 Å². The van der Waals surface area contributed by atoms with Crippen LogP contribution in [0.25, 0.3) is 11.4 Å². The van der Waals surface area contributed by atoms with Gasteiger partial charge >= 0.3 is 0 Å². The third kappa shape index (κ3) is 4.67. The van der Waals surface area contributed by atoms with E-state index >= 15 is 0 Å². The molecule has 1 amide bonds. The van der Waals surface area contributed by atoms with E-state index < -0.39 is 0 Å². The Bertz CT molecular complexity index is 956. The van der Waals surface area contributed by atoms with Gasteiger partial charge in [-0.2, -0.15) is 0 Å². The molecule has 0 saturated heterocycles. The topological polar surface area (TPSA) is 72.7 Å². The molecule has 1 saturated carbocycles. The Balaban J connectivity index is 1.41. The molecule has 0 spiro atoms. The molecule has 1 fully saturated rings. The van der Waals surface area contributed by atoms with Crippen LogP contribution in [0.3, 0.4) is 0 Å². The molecular formula is C22H25N5OS. The van der Waals surface area contributed by atoms with E-state index in [0.29, 0.717) is 12.6 Å². The molecule has 29 heavy (non-hydrogen) atoms. The molecule has 1 aromatic carbocycles. The summed E-state index contributed by atoms with van der Waals surface area (Å²) in [4.78, 5) is 16.9. The molecule has 3 aromatic rings. The second-order valence-electron chi connectivity index (χ2n) is 7.47. The van der Waals surface area contributed by atoms with Gasteiger partial charge < -0.3 is 5.32 Å². The normalized spacial score (nSPS) is 15.7. The summed E-state index contributed by atoms with van der Waals surface area (Å²) in [5.74, 6) is 1.11. The minimum absolute atomic E-state index is 0.0195. The van der Waals surface area contributed by atoms with Crippen LogP contribution in [0.1, 0.15) is 44.2 Å². The van der Waals surface area contributed by atoms with Crippen molar-refractivity contribution in [3.63, 3.8) is 0 Å². The van der Waals surface area contributed by atoms with Gasteiger partial charge in [0.2, 0.25) is 5.91 Å². The minimum atomic E-state index is -0.249. The Morgan fingerprint density at radius 1 is 1.17 bits per heavy atom.